The monoisotopic (exact) mass is 497 g/mol. The van der Waals surface area contributed by atoms with Crippen molar-refractivity contribution in [3.8, 4) is 5.75 Å². The molecule has 0 spiro atoms. The summed E-state index contributed by atoms with van der Waals surface area (Å²) in [5.41, 5.74) is 2.13. The smallest absolute Gasteiger partial charge is 0.319 e. The molecule has 0 radical (unpaired) electrons. The number of carbonyl (C=O) groups is 2. The van der Waals surface area contributed by atoms with Crippen molar-refractivity contribution in [1.82, 2.24) is 20.1 Å². The molecule has 3 atom stereocenters. The third kappa shape index (κ3) is 7.41. The van der Waals surface area contributed by atoms with E-state index < -0.39 is 0 Å². The van der Waals surface area contributed by atoms with E-state index in [2.05, 4.69) is 40.4 Å². The fraction of sp³-hybridized carbons (Fsp3) is 0.519. The van der Waals surface area contributed by atoms with E-state index in [4.69, 9.17) is 9.47 Å². The van der Waals surface area contributed by atoms with Crippen LogP contribution in [0.5, 0.6) is 5.75 Å². The summed E-state index contributed by atoms with van der Waals surface area (Å²) < 4.78 is 12.1. The predicted octanol–water partition coefficient (Wildman–Crippen LogP) is 3.62. The zero-order valence-electron chi connectivity index (χ0n) is 22.0. The first-order valence-corrected chi connectivity index (χ1v) is 12.5. The number of rotatable bonds is 6. The summed E-state index contributed by atoms with van der Waals surface area (Å²) in [6.07, 6.45) is 4.37. The zero-order chi connectivity index (χ0) is 26.1. The fourth-order valence-corrected chi connectivity index (χ4v) is 4.29. The summed E-state index contributed by atoms with van der Waals surface area (Å²) in [7, 11) is 3.47. The fourth-order valence-electron chi connectivity index (χ4n) is 4.29. The van der Waals surface area contributed by atoms with Gasteiger partial charge < -0.3 is 25.0 Å². The number of carbonyl (C=O) groups excluding carboxylic acids is 2. The SMILES string of the molecule is CCCNC(=O)Nc1ccc2c(c1)OC[C@H](C)N(Cc1cccnc1)C[C@H](C)[C@@H](OC)CN(C)C2=O. The minimum atomic E-state index is -0.290. The van der Waals surface area contributed by atoms with Gasteiger partial charge in [0.25, 0.3) is 5.91 Å². The van der Waals surface area contributed by atoms with Gasteiger partial charge in [0.2, 0.25) is 0 Å². The Hall–Kier alpha value is -3.17. The standard InChI is InChI=1S/C27H39N5O4/c1-6-11-29-27(34)30-22-9-10-23-24(13-22)36-18-20(3)32(16-21-8-7-12-28-14-21)15-19(2)25(35-5)17-31(4)26(23)33/h7-10,12-14,19-20,25H,6,11,15-18H2,1-5H3,(H2,29,30,34)/t19-,20-,25-/m0/s1. The highest BCUT2D eigenvalue weighted by Gasteiger charge is 2.28. The van der Waals surface area contributed by atoms with E-state index in [0.29, 0.717) is 36.7 Å². The Morgan fingerprint density at radius 1 is 1.25 bits per heavy atom. The topological polar surface area (TPSA) is 96.0 Å². The molecular formula is C27H39N5O4. The van der Waals surface area contributed by atoms with E-state index in [-0.39, 0.29) is 30.0 Å². The van der Waals surface area contributed by atoms with Crippen molar-refractivity contribution in [1.29, 1.82) is 0 Å². The van der Waals surface area contributed by atoms with Crippen molar-refractivity contribution in [2.75, 3.05) is 45.7 Å². The number of urea groups is 1. The summed E-state index contributed by atoms with van der Waals surface area (Å²) in [6.45, 7) is 9.16. The quantitative estimate of drug-likeness (QED) is 0.633. The average Bonchev–Trinajstić information content (AvgIpc) is 2.88. The highest BCUT2D eigenvalue weighted by molar-refractivity contribution is 5.98. The van der Waals surface area contributed by atoms with Crippen molar-refractivity contribution in [2.45, 2.75) is 45.9 Å². The number of pyridine rings is 1. The Morgan fingerprint density at radius 2 is 2.06 bits per heavy atom. The van der Waals surface area contributed by atoms with Gasteiger partial charge in [-0.25, -0.2) is 4.79 Å². The Balaban J connectivity index is 1.90. The summed E-state index contributed by atoms with van der Waals surface area (Å²) in [5, 5.41) is 5.61. The van der Waals surface area contributed by atoms with Crippen molar-refractivity contribution in [3.05, 3.63) is 53.9 Å². The molecule has 2 heterocycles. The molecule has 0 aliphatic carbocycles. The Labute approximate surface area is 214 Å². The van der Waals surface area contributed by atoms with Gasteiger partial charge >= 0.3 is 6.03 Å². The molecule has 1 aromatic heterocycles. The summed E-state index contributed by atoms with van der Waals surface area (Å²) in [5.74, 6) is 0.467. The first kappa shape index (κ1) is 27.4. The Kier molecular flexibility index (Phi) is 10.1. The second kappa shape index (κ2) is 13.2. The van der Waals surface area contributed by atoms with Gasteiger partial charge in [0.1, 0.15) is 12.4 Å². The van der Waals surface area contributed by atoms with Crippen LogP contribution >= 0.6 is 0 Å². The summed E-state index contributed by atoms with van der Waals surface area (Å²) in [4.78, 5) is 33.8. The minimum absolute atomic E-state index is 0.0507. The highest BCUT2D eigenvalue weighted by atomic mass is 16.5. The molecule has 0 saturated heterocycles. The molecule has 3 amide bonds. The largest absolute Gasteiger partial charge is 0.491 e. The lowest BCUT2D eigenvalue weighted by Gasteiger charge is -2.36. The zero-order valence-corrected chi connectivity index (χ0v) is 22.0. The van der Waals surface area contributed by atoms with Crippen LogP contribution in [-0.2, 0) is 11.3 Å². The molecule has 0 bridgehead atoms. The third-order valence-electron chi connectivity index (χ3n) is 6.48. The number of hydrogen-bond donors (Lipinski definition) is 2. The molecule has 1 aliphatic rings. The van der Waals surface area contributed by atoms with Gasteiger partial charge in [0.05, 0.1) is 11.7 Å². The van der Waals surface area contributed by atoms with Crippen LogP contribution in [0.1, 0.15) is 43.1 Å². The summed E-state index contributed by atoms with van der Waals surface area (Å²) in [6, 6.07) is 8.91. The molecule has 9 heteroatoms. The minimum Gasteiger partial charge on any atom is -0.491 e. The molecule has 36 heavy (non-hydrogen) atoms. The average molecular weight is 498 g/mol. The lowest BCUT2D eigenvalue weighted by Crippen LogP contribution is -2.46. The Bertz CT molecular complexity index is 1000. The number of ether oxygens (including phenoxy) is 2. The number of hydrogen-bond acceptors (Lipinski definition) is 6. The molecule has 1 aromatic carbocycles. The molecule has 9 nitrogen and oxygen atoms in total. The van der Waals surface area contributed by atoms with Crippen molar-refractivity contribution < 1.29 is 19.1 Å². The number of benzene rings is 1. The van der Waals surface area contributed by atoms with Crippen molar-refractivity contribution >= 4 is 17.6 Å². The normalized spacial score (nSPS) is 21.5. The van der Waals surface area contributed by atoms with E-state index in [1.54, 1.807) is 43.5 Å². The van der Waals surface area contributed by atoms with Gasteiger partial charge in [-0.15, -0.1) is 0 Å². The predicted molar refractivity (Wildman–Crippen MR) is 140 cm³/mol. The van der Waals surface area contributed by atoms with E-state index in [1.165, 1.54) is 0 Å². The molecule has 2 aromatic rings. The van der Waals surface area contributed by atoms with Crippen LogP contribution in [0.25, 0.3) is 0 Å². The van der Waals surface area contributed by atoms with E-state index in [9.17, 15) is 9.59 Å². The van der Waals surface area contributed by atoms with E-state index in [0.717, 1.165) is 25.1 Å². The van der Waals surface area contributed by atoms with Gasteiger partial charge in [-0.2, -0.15) is 0 Å². The van der Waals surface area contributed by atoms with Crippen LogP contribution in [0.3, 0.4) is 0 Å². The Morgan fingerprint density at radius 3 is 2.75 bits per heavy atom. The van der Waals surface area contributed by atoms with Crippen LogP contribution in [0.15, 0.2) is 42.7 Å². The number of nitrogens with one attached hydrogen (secondary N) is 2. The number of methoxy groups -OCH3 is 1. The molecule has 0 saturated carbocycles. The van der Waals surface area contributed by atoms with Crippen LogP contribution in [-0.4, -0.2) is 79.3 Å². The molecule has 1 aliphatic heterocycles. The lowest BCUT2D eigenvalue weighted by atomic mass is 10.0. The number of nitrogens with zero attached hydrogens (tertiary/aromatic N) is 3. The highest BCUT2D eigenvalue weighted by Crippen LogP contribution is 2.27. The maximum absolute atomic E-state index is 13.4. The van der Waals surface area contributed by atoms with Gasteiger partial charge in [0.15, 0.2) is 0 Å². The summed E-state index contributed by atoms with van der Waals surface area (Å²) >= 11 is 0. The lowest BCUT2D eigenvalue weighted by molar-refractivity contribution is 0.00920. The first-order chi connectivity index (χ1) is 17.3. The van der Waals surface area contributed by atoms with Gasteiger partial charge in [-0.3, -0.25) is 14.7 Å². The molecule has 0 unspecified atom stereocenters. The number of anilines is 1. The van der Waals surface area contributed by atoms with Gasteiger partial charge in [-0.1, -0.05) is 19.9 Å². The third-order valence-corrected chi connectivity index (χ3v) is 6.48. The first-order valence-electron chi connectivity index (χ1n) is 12.5. The van der Waals surface area contributed by atoms with Crippen LogP contribution in [0.2, 0.25) is 0 Å². The van der Waals surface area contributed by atoms with Crippen LogP contribution in [0, 0.1) is 5.92 Å². The van der Waals surface area contributed by atoms with Crippen molar-refractivity contribution in [3.63, 3.8) is 0 Å². The van der Waals surface area contributed by atoms with Crippen molar-refractivity contribution in [2.24, 2.45) is 5.92 Å². The number of likely N-dealkylation sites (N-methyl/N-ethyl adjacent to an activating group) is 1. The second-order valence-corrected chi connectivity index (χ2v) is 9.48. The van der Waals surface area contributed by atoms with Crippen LogP contribution < -0.4 is 15.4 Å². The molecule has 3 rings (SSSR count). The van der Waals surface area contributed by atoms with Gasteiger partial charge in [0, 0.05) is 70.5 Å². The van der Waals surface area contributed by atoms with E-state index >= 15 is 0 Å². The number of aromatic nitrogens is 1. The second-order valence-electron chi connectivity index (χ2n) is 9.48. The maximum atomic E-state index is 13.4. The number of amides is 3. The number of fused-ring (bicyclic) bond motifs is 1. The molecular weight excluding hydrogens is 458 g/mol. The van der Waals surface area contributed by atoms with Gasteiger partial charge in [-0.05, 0) is 43.0 Å². The molecule has 196 valence electrons. The molecule has 2 N–H and O–H groups in total. The maximum Gasteiger partial charge on any atom is 0.319 e. The molecule has 0 fully saturated rings. The van der Waals surface area contributed by atoms with E-state index in [1.807, 2.05) is 19.2 Å². The van der Waals surface area contributed by atoms with Crippen LogP contribution in [0.4, 0.5) is 10.5 Å².